The number of hydrogen-bond donors (Lipinski definition) is 2. The number of anilines is 1. The second-order valence-electron chi connectivity index (χ2n) is 6.78. The number of hydrogen-bond acceptors (Lipinski definition) is 7. The summed E-state index contributed by atoms with van der Waals surface area (Å²) in [6.45, 7) is 3.92. The van der Waals surface area contributed by atoms with Crippen molar-refractivity contribution in [2.45, 2.75) is 18.9 Å². The van der Waals surface area contributed by atoms with Crippen molar-refractivity contribution < 1.29 is 15.0 Å². The molecule has 9 nitrogen and oxygen atoms in total. The Labute approximate surface area is 149 Å². The molecule has 0 radical (unpaired) electrons. The fourth-order valence-corrected chi connectivity index (χ4v) is 3.37. The fourth-order valence-electron chi connectivity index (χ4n) is 3.37. The lowest BCUT2D eigenvalue weighted by Gasteiger charge is -2.34. The van der Waals surface area contributed by atoms with Crippen LogP contribution in [0.1, 0.15) is 29.2 Å². The standard InChI is InChI=1S/C17H21N5O4/c23-8-7-20-3-5-21(6-4-20)17-18-9-12-14(24)13(16(25)26)10-22(11-1-2-11)15(12)19-17/h9-11,23H,1-8H2,(H,25,26). The Morgan fingerprint density at radius 1 is 1.23 bits per heavy atom. The molecule has 138 valence electrons. The Morgan fingerprint density at radius 2 is 1.96 bits per heavy atom. The van der Waals surface area contributed by atoms with Crippen molar-refractivity contribution in [1.82, 2.24) is 19.4 Å². The molecule has 2 aromatic rings. The first-order chi connectivity index (χ1) is 12.6. The summed E-state index contributed by atoms with van der Waals surface area (Å²) >= 11 is 0. The van der Waals surface area contributed by atoms with E-state index >= 15 is 0 Å². The van der Waals surface area contributed by atoms with Crippen LogP contribution in [0, 0.1) is 0 Å². The van der Waals surface area contributed by atoms with Crippen LogP contribution in [-0.2, 0) is 0 Å². The summed E-state index contributed by atoms with van der Waals surface area (Å²) < 4.78 is 1.81. The smallest absolute Gasteiger partial charge is 0.341 e. The average Bonchev–Trinajstić information content (AvgIpc) is 3.47. The van der Waals surface area contributed by atoms with Crippen LogP contribution in [0.15, 0.2) is 17.2 Å². The normalized spacial score (nSPS) is 18.4. The van der Waals surface area contributed by atoms with Gasteiger partial charge in [-0.2, -0.15) is 4.98 Å². The number of carbonyl (C=O) groups is 1. The zero-order chi connectivity index (χ0) is 18.3. The van der Waals surface area contributed by atoms with Gasteiger partial charge in [0.1, 0.15) is 11.2 Å². The third-order valence-electron chi connectivity index (χ3n) is 5.00. The van der Waals surface area contributed by atoms with E-state index in [0.717, 1.165) is 39.0 Å². The number of rotatable bonds is 5. The lowest BCUT2D eigenvalue weighted by molar-refractivity contribution is 0.0695. The van der Waals surface area contributed by atoms with E-state index in [1.54, 1.807) is 0 Å². The minimum Gasteiger partial charge on any atom is -0.477 e. The quantitative estimate of drug-likeness (QED) is 0.764. The molecular formula is C17H21N5O4. The van der Waals surface area contributed by atoms with Gasteiger partial charge in [-0.15, -0.1) is 0 Å². The third kappa shape index (κ3) is 3.04. The van der Waals surface area contributed by atoms with Gasteiger partial charge in [0.2, 0.25) is 11.4 Å². The van der Waals surface area contributed by atoms with Crippen molar-refractivity contribution in [3.8, 4) is 0 Å². The van der Waals surface area contributed by atoms with E-state index in [1.165, 1.54) is 12.4 Å². The molecule has 0 aromatic carbocycles. The second-order valence-corrected chi connectivity index (χ2v) is 6.78. The maximum Gasteiger partial charge on any atom is 0.341 e. The van der Waals surface area contributed by atoms with E-state index < -0.39 is 11.4 Å². The Hall–Kier alpha value is -2.52. The predicted molar refractivity (Wildman–Crippen MR) is 94.8 cm³/mol. The Morgan fingerprint density at radius 3 is 2.58 bits per heavy atom. The lowest BCUT2D eigenvalue weighted by atomic mass is 10.2. The lowest BCUT2D eigenvalue weighted by Crippen LogP contribution is -2.47. The monoisotopic (exact) mass is 359 g/mol. The molecule has 2 aliphatic rings. The first-order valence-electron chi connectivity index (χ1n) is 8.82. The Kier molecular flexibility index (Phi) is 4.33. The summed E-state index contributed by atoms with van der Waals surface area (Å²) in [5.74, 6) is -0.673. The van der Waals surface area contributed by atoms with Gasteiger partial charge in [0.15, 0.2) is 0 Å². The van der Waals surface area contributed by atoms with Gasteiger partial charge < -0.3 is 19.7 Å². The molecule has 2 fully saturated rings. The molecule has 4 rings (SSSR count). The van der Waals surface area contributed by atoms with E-state index in [9.17, 15) is 14.7 Å². The minimum absolute atomic E-state index is 0.145. The number of aliphatic hydroxyl groups excluding tert-OH is 1. The molecule has 3 heterocycles. The number of carboxylic acid groups (broad SMARTS) is 1. The van der Waals surface area contributed by atoms with Crippen molar-refractivity contribution in [3.63, 3.8) is 0 Å². The maximum absolute atomic E-state index is 12.4. The summed E-state index contributed by atoms with van der Waals surface area (Å²) in [5, 5.41) is 18.6. The molecule has 1 saturated carbocycles. The van der Waals surface area contributed by atoms with Crippen LogP contribution in [-0.4, -0.2) is 74.9 Å². The zero-order valence-electron chi connectivity index (χ0n) is 14.3. The number of piperazine rings is 1. The number of carboxylic acids is 1. The SMILES string of the molecule is O=C(O)c1cn(C2CC2)c2nc(N3CCN(CCO)CC3)ncc2c1=O. The molecule has 0 unspecified atom stereocenters. The van der Waals surface area contributed by atoms with Crippen molar-refractivity contribution >= 4 is 23.0 Å². The van der Waals surface area contributed by atoms with E-state index in [2.05, 4.69) is 19.8 Å². The van der Waals surface area contributed by atoms with Crippen molar-refractivity contribution in [2.75, 3.05) is 44.2 Å². The van der Waals surface area contributed by atoms with Crippen LogP contribution in [0.3, 0.4) is 0 Å². The van der Waals surface area contributed by atoms with Crippen LogP contribution >= 0.6 is 0 Å². The minimum atomic E-state index is -1.23. The molecule has 2 aromatic heterocycles. The van der Waals surface area contributed by atoms with Gasteiger partial charge in [-0.25, -0.2) is 9.78 Å². The number of aromatic nitrogens is 3. The van der Waals surface area contributed by atoms with Crippen LogP contribution in [0.4, 0.5) is 5.95 Å². The highest BCUT2D eigenvalue weighted by Gasteiger charge is 2.28. The van der Waals surface area contributed by atoms with Crippen LogP contribution in [0.2, 0.25) is 0 Å². The third-order valence-corrected chi connectivity index (χ3v) is 5.00. The topological polar surface area (TPSA) is 112 Å². The highest BCUT2D eigenvalue weighted by Crippen LogP contribution is 2.36. The molecule has 0 bridgehead atoms. The molecule has 0 atom stereocenters. The van der Waals surface area contributed by atoms with Crippen LogP contribution in [0.5, 0.6) is 0 Å². The van der Waals surface area contributed by atoms with E-state index in [-0.39, 0.29) is 23.6 Å². The molecule has 1 aliphatic heterocycles. The molecule has 0 spiro atoms. The van der Waals surface area contributed by atoms with Gasteiger partial charge in [0.05, 0.1) is 12.0 Å². The summed E-state index contributed by atoms with van der Waals surface area (Å²) in [4.78, 5) is 37.0. The zero-order valence-corrected chi connectivity index (χ0v) is 14.3. The van der Waals surface area contributed by atoms with Gasteiger partial charge in [0, 0.05) is 51.2 Å². The second kappa shape index (κ2) is 6.65. The first kappa shape index (κ1) is 16.9. The molecule has 2 N–H and O–H groups in total. The van der Waals surface area contributed by atoms with Gasteiger partial charge in [-0.05, 0) is 12.8 Å². The molecule has 1 aliphatic carbocycles. The van der Waals surface area contributed by atoms with Crippen molar-refractivity contribution in [1.29, 1.82) is 0 Å². The highest BCUT2D eigenvalue weighted by atomic mass is 16.4. The highest BCUT2D eigenvalue weighted by molar-refractivity contribution is 5.91. The number of aromatic carboxylic acids is 1. The molecule has 26 heavy (non-hydrogen) atoms. The molecule has 1 saturated heterocycles. The van der Waals surface area contributed by atoms with Gasteiger partial charge >= 0.3 is 5.97 Å². The van der Waals surface area contributed by atoms with E-state index in [0.29, 0.717) is 18.1 Å². The largest absolute Gasteiger partial charge is 0.477 e. The number of β-amino-alcohol motifs (C(OH)–C–C–N with tert-alkyl or cyclic N) is 1. The van der Waals surface area contributed by atoms with Gasteiger partial charge in [-0.3, -0.25) is 9.69 Å². The number of aliphatic hydroxyl groups is 1. The molecular weight excluding hydrogens is 338 g/mol. The van der Waals surface area contributed by atoms with E-state index in [1.807, 2.05) is 4.57 Å². The Bertz CT molecular complexity index is 900. The van der Waals surface area contributed by atoms with Crippen molar-refractivity contribution in [3.05, 3.63) is 28.2 Å². The number of pyridine rings is 1. The number of fused-ring (bicyclic) bond motifs is 1. The van der Waals surface area contributed by atoms with Crippen LogP contribution < -0.4 is 10.3 Å². The van der Waals surface area contributed by atoms with Gasteiger partial charge in [0.25, 0.3) is 0 Å². The fraction of sp³-hybridized carbons (Fsp3) is 0.529. The van der Waals surface area contributed by atoms with Crippen LogP contribution in [0.25, 0.3) is 11.0 Å². The Balaban J connectivity index is 1.71. The summed E-state index contributed by atoms with van der Waals surface area (Å²) in [6.07, 6.45) is 4.78. The number of nitrogens with zero attached hydrogens (tertiary/aromatic N) is 5. The predicted octanol–water partition coefficient (Wildman–Crippen LogP) is -0.0611. The molecule has 0 amide bonds. The van der Waals surface area contributed by atoms with Gasteiger partial charge in [-0.1, -0.05) is 0 Å². The first-order valence-corrected chi connectivity index (χ1v) is 8.82. The molecule has 9 heteroatoms. The summed E-state index contributed by atoms with van der Waals surface area (Å²) in [7, 11) is 0. The summed E-state index contributed by atoms with van der Waals surface area (Å²) in [6, 6.07) is 0.195. The van der Waals surface area contributed by atoms with Crippen molar-refractivity contribution in [2.24, 2.45) is 0 Å². The average molecular weight is 359 g/mol. The summed E-state index contributed by atoms with van der Waals surface area (Å²) in [5.41, 5.74) is -0.271. The maximum atomic E-state index is 12.4. The van der Waals surface area contributed by atoms with E-state index in [4.69, 9.17) is 5.11 Å².